The molecule has 0 radical (unpaired) electrons. The second-order valence-electron chi connectivity index (χ2n) is 6.84. The Labute approximate surface area is 162 Å². The highest BCUT2D eigenvalue weighted by Crippen LogP contribution is 2.25. The van der Waals surface area contributed by atoms with Crippen molar-refractivity contribution in [3.8, 4) is 11.3 Å². The van der Waals surface area contributed by atoms with Crippen molar-refractivity contribution in [3.05, 3.63) is 47.7 Å². The zero-order valence-electron chi connectivity index (χ0n) is 15.7. The first kappa shape index (κ1) is 20.5. The van der Waals surface area contributed by atoms with Crippen LogP contribution in [0.2, 0.25) is 0 Å². The van der Waals surface area contributed by atoms with Crippen LogP contribution in [0.5, 0.6) is 0 Å². The van der Waals surface area contributed by atoms with Gasteiger partial charge in [0.2, 0.25) is 0 Å². The van der Waals surface area contributed by atoms with Gasteiger partial charge in [-0.3, -0.25) is 4.79 Å². The number of carbonyl (C=O) groups excluding carboxylic acids is 1. The van der Waals surface area contributed by atoms with Crippen LogP contribution in [0.25, 0.3) is 11.3 Å². The van der Waals surface area contributed by atoms with Gasteiger partial charge in [0.15, 0.2) is 5.76 Å². The third-order valence-electron chi connectivity index (χ3n) is 5.17. The molecule has 0 spiro atoms. The van der Waals surface area contributed by atoms with E-state index in [2.05, 4.69) is 36.5 Å². The predicted molar refractivity (Wildman–Crippen MR) is 108 cm³/mol. The standard InChI is InChI=1S/C21H28N2O2.ClH/c1-3-16-4-6-18(7-5-16)19-8-9-20(25-19)21(24)23-14-11-17(12-15-23)10-13-22-2;/h4-9,17,22H,3,10-15H2,1-2H3;1H. The molecule has 1 saturated heterocycles. The number of nitrogens with zero attached hydrogens (tertiary/aromatic N) is 1. The first-order valence-corrected chi connectivity index (χ1v) is 9.34. The van der Waals surface area contributed by atoms with E-state index in [1.54, 1.807) is 6.07 Å². The summed E-state index contributed by atoms with van der Waals surface area (Å²) in [5.74, 6) is 1.95. The summed E-state index contributed by atoms with van der Waals surface area (Å²) in [4.78, 5) is 14.6. The number of halogens is 1. The maximum absolute atomic E-state index is 12.7. The quantitative estimate of drug-likeness (QED) is 0.813. The van der Waals surface area contributed by atoms with Crippen molar-refractivity contribution in [1.82, 2.24) is 10.2 Å². The number of hydrogen-bond acceptors (Lipinski definition) is 3. The summed E-state index contributed by atoms with van der Waals surface area (Å²) in [6, 6.07) is 12.0. The van der Waals surface area contributed by atoms with Crippen LogP contribution in [0.15, 0.2) is 40.8 Å². The van der Waals surface area contributed by atoms with Gasteiger partial charge in [0.05, 0.1) is 0 Å². The van der Waals surface area contributed by atoms with Crippen molar-refractivity contribution in [2.75, 3.05) is 26.7 Å². The highest BCUT2D eigenvalue weighted by molar-refractivity contribution is 5.92. The van der Waals surface area contributed by atoms with Gasteiger partial charge in [-0.25, -0.2) is 0 Å². The van der Waals surface area contributed by atoms with Crippen molar-refractivity contribution in [1.29, 1.82) is 0 Å². The molecule has 1 aliphatic rings. The Kier molecular flexibility index (Phi) is 7.73. The molecule has 2 heterocycles. The normalized spacial score (nSPS) is 14.9. The van der Waals surface area contributed by atoms with E-state index in [4.69, 9.17) is 4.42 Å². The summed E-state index contributed by atoms with van der Waals surface area (Å²) in [6.07, 6.45) is 4.38. The molecular formula is C21H29ClN2O2. The molecule has 3 rings (SSSR count). The van der Waals surface area contributed by atoms with E-state index >= 15 is 0 Å². The van der Waals surface area contributed by atoms with Gasteiger partial charge >= 0.3 is 0 Å². The third kappa shape index (κ3) is 4.89. The van der Waals surface area contributed by atoms with E-state index < -0.39 is 0 Å². The molecule has 1 aromatic carbocycles. The van der Waals surface area contributed by atoms with Crippen molar-refractivity contribution >= 4 is 18.3 Å². The zero-order valence-corrected chi connectivity index (χ0v) is 16.5. The van der Waals surface area contributed by atoms with Crippen LogP contribution >= 0.6 is 12.4 Å². The molecule has 0 bridgehead atoms. The molecule has 0 atom stereocenters. The second kappa shape index (κ2) is 9.79. The Hall–Kier alpha value is -1.78. The van der Waals surface area contributed by atoms with Crippen LogP contribution in [0.4, 0.5) is 0 Å². The molecule has 1 aromatic heterocycles. The minimum atomic E-state index is 0. The Balaban J connectivity index is 0.00000243. The Bertz CT molecular complexity index is 688. The van der Waals surface area contributed by atoms with Crippen LogP contribution in [-0.4, -0.2) is 37.5 Å². The number of carbonyl (C=O) groups is 1. The number of aryl methyl sites for hydroxylation is 1. The summed E-state index contributed by atoms with van der Waals surface area (Å²) >= 11 is 0. The zero-order chi connectivity index (χ0) is 17.6. The monoisotopic (exact) mass is 376 g/mol. The minimum Gasteiger partial charge on any atom is -0.451 e. The number of nitrogens with one attached hydrogen (secondary N) is 1. The number of likely N-dealkylation sites (tertiary alicyclic amines) is 1. The lowest BCUT2D eigenvalue weighted by molar-refractivity contribution is 0.0656. The molecule has 0 saturated carbocycles. The maximum Gasteiger partial charge on any atom is 0.289 e. The lowest BCUT2D eigenvalue weighted by atomic mass is 9.93. The summed E-state index contributed by atoms with van der Waals surface area (Å²) in [6.45, 7) is 4.85. The number of furan rings is 1. The van der Waals surface area contributed by atoms with Crippen LogP contribution in [0.1, 0.15) is 42.3 Å². The van der Waals surface area contributed by atoms with Gasteiger partial charge in [-0.1, -0.05) is 31.2 Å². The molecule has 1 fully saturated rings. The predicted octanol–water partition coefficient (Wildman–Crippen LogP) is 4.39. The lowest BCUT2D eigenvalue weighted by Gasteiger charge is -2.31. The fourth-order valence-electron chi connectivity index (χ4n) is 3.44. The number of benzene rings is 1. The molecule has 26 heavy (non-hydrogen) atoms. The van der Waals surface area contributed by atoms with Crippen LogP contribution in [0, 0.1) is 5.92 Å². The minimum absolute atomic E-state index is 0. The molecule has 1 amide bonds. The van der Waals surface area contributed by atoms with E-state index in [-0.39, 0.29) is 18.3 Å². The van der Waals surface area contributed by atoms with Crippen molar-refractivity contribution in [3.63, 3.8) is 0 Å². The number of rotatable bonds is 6. The molecule has 0 aliphatic carbocycles. The van der Waals surface area contributed by atoms with Gasteiger partial charge in [-0.05, 0) is 62.9 Å². The molecule has 1 N–H and O–H groups in total. The third-order valence-corrected chi connectivity index (χ3v) is 5.17. The largest absolute Gasteiger partial charge is 0.451 e. The first-order chi connectivity index (χ1) is 12.2. The van der Waals surface area contributed by atoms with Crippen molar-refractivity contribution < 1.29 is 9.21 Å². The molecule has 1 aliphatic heterocycles. The molecule has 0 unspecified atom stereocenters. The molecule has 4 nitrogen and oxygen atoms in total. The van der Waals surface area contributed by atoms with Crippen LogP contribution in [0.3, 0.4) is 0 Å². The van der Waals surface area contributed by atoms with Gasteiger partial charge in [0.1, 0.15) is 5.76 Å². The maximum atomic E-state index is 12.7. The van der Waals surface area contributed by atoms with Crippen LogP contribution < -0.4 is 5.32 Å². The van der Waals surface area contributed by atoms with Gasteiger partial charge in [-0.2, -0.15) is 0 Å². The Morgan fingerprint density at radius 2 is 1.85 bits per heavy atom. The van der Waals surface area contributed by atoms with Gasteiger partial charge in [0.25, 0.3) is 5.91 Å². The molecule has 142 valence electrons. The average molecular weight is 377 g/mol. The number of piperidine rings is 1. The van der Waals surface area contributed by atoms with E-state index in [9.17, 15) is 4.79 Å². The van der Waals surface area contributed by atoms with Gasteiger partial charge in [0, 0.05) is 18.7 Å². The van der Waals surface area contributed by atoms with E-state index in [0.29, 0.717) is 5.76 Å². The van der Waals surface area contributed by atoms with Gasteiger partial charge in [-0.15, -0.1) is 12.4 Å². The lowest BCUT2D eigenvalue weighted by Crippen LogP contribution is -2.38. The topological polar surface area (TPSA) is 45.5 Å². The highest BCUT2D eigenvalue weighted by atomic mass is 35.5. The molecule has 2 aromatic rings. The molecule has 5 heteroatoms. The first-order valence-electron chi connectivity index (χ1n) is 9.34. The number of amides is 1. The van der Waals surface area contributed by atoms with E-state index in [1.165, 1.54) is 12.0 Å². The van der Waals surface area contributed by atoms with Crippen molar-refractivity contribution in [2.45, 2.75) is 32.6 Å². The summed E-state index contributed by atoms with van der Waals surface area (Å²) in [5, 5.41) is 3.20. The van der Waals surface area contributed by atoms with E-state index in [0.717, 1.165) is 56.1 Å². The molecular weight excluding hydrogens is 348 g/mol. The smallest absolute Gasteiger partial charge is 0.289 e. The SMILES string of the molecule is CCc1ccc(-c2ccc(C(=O)N3CCC(CCNC)CC3)o2)cc1.Cl. The Morgan fingerprint density at radius 3 is 2.46 bits per heavy atom. The van der Waals surface area contributed by atoms with Crippen LogP contribution in [-0.2, 0) is 6.42 Å². The summed E-state index contributed by atoms with van der Waals surface area (Å²) in [7, 11) is 1.99. The van der Waals surface area contributed by atoms with E-state index in [1.807, 2.05) is 18.0 Å². The number of hydrogen-bond donors (Lipinski definition) is 1. The van der Waals surface area contributed by atoms with Crippen molar-refractivity contribution in [2.24, 2.45) is 5.92 Å². The highest BCUT2D eigenvalue weighted by Gasteiger charge is 2.25. The average Bonchev–Trinajstić information content (AvgIpc) is 3.16. The summed E-state index contributed by atoms with van der Waals surface area (Å²) < 4.78 is 5.85. The fourth-order valence-corrected chi connectivity index (χ4v) is 3.44. The van der Waals surface area contributed by atoms with Gasteiger partial charge < -0.3 is 14.6 Å². The Morgan fingerprint density at radius 1 is 1.15 bits per heavy atom. The second-order valence-corrected chi connectivity index (χ2v) is 6.84. The fraction of sp³-hybridized carbons (Fsp3) is 0.476. The summed E-state index contributed by atoms with van der Waals surface area (Å²) in [5.41, 5.74) is 2.31.